The van der Waals surface area contributed by atoms with Crippen LogP contribution in [-0.4, -0.2) is 20.6 Å². The summed E-state index contributed by atoms with van der Waals surface area (Å²) in [5, 5.41) is 18.9. The van der Waals surface area contributed by atoms with Crippen LogP contribution in [0, 0.1) is 0 Å². The zero-order chi connectivity index (χ0) is 9.10. The van der Waals surface area contributed by atoms with E-state index >= 15 is 0 Å². The van der Waals surface area contributed by atoms with E-state index < -0.39 is 0 Å². The SMILES string of the molecule is Clc1csc(CNc2nn[nH]n2)c1. The molecule has 0 saturated heterocycles. The third-order valence-electron chi connectivity index (χ3n) is 1.39. The average molecular weight is 216 g/mol. The molecule has 68 valence electrons. The van der Waals surface area contributed by atoms with Gasteiger partial charge in [0, 0.05) is 10.3 Å². The minimum absolute atomic E-state index is 0.490. The summed E-state index contributed by atoms with van der Waals surface area (Å²) in [7, 11) is 0. The summed E-state index contributed by atoms with van der Waals surface area (Å²) in [6.45, 7) is 0.664. The molecule has 0 unspecified atom stereocenters. The van der Waals surface area contributed by atoms with Crippen molar-refractivity contribution in [2.24, 2.45) is 0 Å². The fourth-order valence-electron chi connectivity index (χ4n) is 0.849. The van der Waals surface area contributed by atoms with Gasteiger partial charge in [0.05, 0.1) is 11.6 Å². The van der Waals surface area contributed by atoms with Crippen molar-refractivity contribution >= 4 is 28.9 Å². The third kappa shape index (κ3) is 2.16. The second-order valence-electron chi connectivity index (χ2n) is 2.32. The van der Waals surface area contributed by atoms with Gasteiger partial charge in [-0.3, -0.25) is 0 Å². The molecular formula is C6H6ClN5S. The minimum Gasteiger partial charge on any atom is -0.347 e. The van der Waals surface area contributed by atoms with Crippen molar-refractivity contribution in [1.29, 1.82) is 0 Å². The van der Waals surface area contributed by atoms with Gasteiger partial charge in [-0.15, -0.1) is 16.4 Å². The van der Waals surface area contributed by atoms with Crippen LogP contribution >= 0.6 is 22.9 Å². The molecule has 0 aromatic carbocycles. The van der Waals surface area contributed by atoms with Gasteiger partial charge in [0.1, 0.15) is 0 Å². The van der Waals surface area contributed by atoms with Gasteiger partial charge in [0.2, 0.25) is 0 Å². The fraction of sp³-hybridized carbons (Fsp3) is 0.167. The Morgan fingerprint density at radius 3 is 3.15 bits per heavy atom. The van der Waals surface area contributed by atoms with Crippen LogP contribution in [0.25, 0.3) is 0 Å². The zero-order valence-electron chi connectivity index (χ0n) is 6.49. The number of halogens is 1. The van der Waals surface area contributed by atoms with Crippen molar-refractivity contribution in [2.75, 3.05) is 5.32 Å². The summed E-state index contributed by atoms with van der Waals surface area (Å²) in [6, 6.07) is 1.90. The molecule has 2 N–H and O–H groups in total. The molecule has 0 amide bonds. The van der Waals surface area contributed by atoms with E-state index in [1.807, 2.05) is 11.4 Å². The zero-order valence-corrected chi connectivity index (χ0v) is 8.06. The van der Waals surface area contributed by atoms with Gasteiger partial charge in [0.15, 0.2) is 0 Å². The van der Waals surface area contributed by atoms with Crippen molar-refractivity contribution in [3.63, 3.8) is 0 Å². The van der Waals surface area contributed by atoms with Crippen molar-refractivity contribution in [3.05, 3.63) is 21.3 Å². The first-order valence-corrected chi connectivity index (χ1v) is 4.80. The van der Waals surface area contributed by atoms with Crippen molar-refractivity contribution in [1.82, 2.24) is 20.6 Å². The van der Waals surface area contributed by atoms with Crippen LogP contribution in [0.4, 0.5) is 5.95 Å². The number of hydrogen-bond acceptors (Lipinski definition) is 5. The summed E-state index contributed by atoms with van der Waals surface area (Å²) in [4.78, 5) is 1.13. The minimum atomic E-state index is 0.490. The Bertz CT molecular complexity index is 370. The lowest BCUT2D eigenvalue weighted by Gasteiger charge is -1.95. The summed E-state index contributed by atoms with van der Waals surface area (Å²) in [5.41, 5.74) is 0. The molecule has 0 radical (unpaired) electrons. The van der Waals surface area contributed by atoms with E-state index in [2.05, 4.69) is 25.9 Å². The Balaban J connectivity index is 1.93. The third-order valence-corrected chi connectivity index (χ3v) is 2.67. The first-order chi connectivity index (χ1) is 6.34. The highest BCUT2D eigenvalue weighted by Gasteiger charge is 1.99. The second-order valence-corrected chi connectivity index (χ2v) is 3.75. The molecule has 2 heterocycles. The van der Waals surface area contributed by atoms with E-state index in [0.29, 0.717) is 12.5 Å². The standard InChI is InChI=1S/C6H6ClN5S/c7-4-1-5(13-3-4)2-8-6-9-11-12-10-6/h1,3H,2H2,(H2,8,9,10,11,12). The van der Waals surface area contributed by atoms with E-state index in [4.69, 9.17) is 11.6 Å². The lowest BCUT2D eigenvalue weighted by atomic mass is 10.5. The van der Waals surface area contributed by atoms with Gasteiger partial charge in [-0.1, -0.05) is 16.7 Å². The molecule has 2 rings (SSSR count). The van der Waals surface area contributed by atoms with Crippen LogP contribution < -0.4 is 5.32 Å². The van der Waals surface area contributed by atoms with Crippen molar-refractivity contribution in [2.45, 2.75) is 6.54 Å². The molecular weight excluding hydrogens is 210 g/mol. The molecule has 0 aliphatic rings. The van der Waals surface area contributed by atoms with E-state index in [-0.39, 0.29) is 0 Å². The summed E-state index contributed by atoms with van der Waals surface area (Å²) < 4.78 is 0. The Morgan fingerprint density at radius 1 is 1.62 bits per heavy atom. The molecule has 5 nitrogen and oxygen atoms in total. The van der Waals surface area contributed by atoms with E-state index in [1.54, 1.807) is 11.3 Å². The number of tetrazole rings is 1. The maximum Gasteiger partial charge on any atom is 0.263 e. The predicted molar refractivity (Wildman–Crippen MR) is 50.8 cm³/mol. The maximum absolute atomic E-state index is 5.75. The summed E-state index contributed by atoms with van der Waals surface area (Å²) in [6.07, 6.45) is 0. The lowest BCUT2D eigenvalue weighted by molar-refractivity contribution is 0.881. The number of aromatic nitrogens is 4. The molecule has 0 atom stereocenters. The number of hydrogen-bond donors (Lipinski definition) is 2. The van der Waals surface area contributed by atoms with Crippen LogP contribution in [0.5, 0.6) is 0 Å². The number of thiophene rings is 1. The first-order valence-electron chi connectivity index (χ1n) is 3.55. The largest absolute Gasteiger partial charge is 0.347 e. The smallest absolute Gasteiger partial charge is 0.263 e. The molecule has 0 spiro atoms. The Hall–Kier alpha value is -1.14. The number of H-pyrrole nitrogens is 1. The molecule has 2 aromatic rings. The van der Waals surface area contributed by atoms with Gasteiger partial charge in [-0.25, -0.2) is 0 Å². The Morgan fingerprint density at radius 2 is 2.54 bits per heavy atom. The van der Waals surface area contributed by atoms with Gasteiger partial charge in [-0.05, 0) is 11.3 Å². The molecule has 0 saturated carbocycles. The van der Waals surface area contributed by atoms with Crippen LogP contribution in [-0.2, 0) is 6.54 Å². The van der Waals surface area contributed by atoms with Crippen LogP contribution in [0.15, 0.2) is 11.4 Å². The van der Waals surface area contributed by atoms with Crippen molar-refractivity contribution in [3.8, 4) is 0 Å². The van der Waals surface area contributed by atoms with E-state index in [9.17, 15) is 0 Å². The van der Waals surface area contributed by atoms with Gasteiger partial charge in [0.25, 0.3) is 5.95 Å². The van der Waals surface area contributed by atoms with Gasteiger partial charge in [-0.2, -0.15) is 5.21 Å². The predicted octanol–water partition coefficient (Wildman–Crippen LogP) is 1.53. The second kappa shape index (κ2) is 3.71. The Kier molecular flexibility index (Phi) is 2.42. The monoisotopic (exact) mass is 215 g/mol. The van der Waals surface area contributed by atoms with Gasteiger partial charge >= 0.3 is 0 Å². The number of nitrogens with one attached hydrogen (secondary N) is 2. The first kappa shape index (κ1) is 8.46. The normalized spacial score (nSPS) is 10.2. The molecule has 0 bridgehead atoms. The highest BCUT2D eigenvalue weighted by atomic mass is 35.5. The molecule has 0 aliphatic carbocycles. The maximum atomic E-state index is 5.75. The Labute approximate surface area is 83.1 Å². The topological polar surface area (TPSA) is 66.5 Å². The molecule has 0 aliphatic heterocycles. The lowest BCUT2D eigenvalue weighted by Crippen LogP contribution is -1.98. The van der Waals surface area contributed by atoms with E-state index in [1.165, 1.54) is 0 Å². The van der Waals surface area contributed by atoms with Gasteiger partial charge < -0.3 is 5.32 Å². The van der Waals surface area contributed by atoms with Crippen LogP contribution in [0.2, 0.25) is 5.02 Å². The molecule has 7 heteroatoms. The van der Waals surface area contributed by atoms with Crippen LogP contribution in [0.1, 0.15) is 4.88 Å². The van der Waals surface area contributed by atoms with E-state index in [0.717, 1.165) is 9.90 Å². The quantitative estimate of drug-likeness (QED) is 0.815. The number of nitrogens with zero attached hydrogens (tertiary/aromatic N) is 3. The van der Waals surface area contributed by atoms with Crippen molar-refractivity contribution < 1.29 is 0 Å². The number of anilines is 1. The molecule has 0 fully saturated rings. The average Bonchev–Trinajstić information content (AvgIpc) is 2.71. The summed E-state index contributed by atoms with van der Waals surface area (Å²) in [5.74, 6) is 0.490. The molecule has 13 heavy (non-hydrogen) atoms. The number of aromatic amines is 1. The molecule has 2 aromatic heterocycles. The summed E-state index contributed by atoms with van der Waals surface area (Å²) >= 11 is 7.34. The fourth-order valence-corrected chi connectivity index (χ4v) is 1.86. The highest BCUT2D eigenvalue weighted by Crippen LogP contribution is 2.19. The number of rotatable bonds is 3. The van der Waals surface area contributed by atoms with Crippen LogP contribution in [0.3, 0.4) is 0 Å². The highest BCUT2D eigenvalue weighted by molar-refractivity contribution is 7.10.